The number of rotatable bonds is 7. The second kappa shape index (κ2) is 8.88. The molecule has 1 aliphatic heterocycles. The normalized spacial score (nSPS) is 13.9. The Kier molecular flexibility index (Phi) is 6.05. The van der Waals surface area contributed by atoms with E-state index in [1.807, 2.05) is 0 Å². The number of carbonyl (C=O) groups is 1. The highest BCUT2D eigenvalue weighted by Gasteiger charge is 2.22. The molecule has 2 aromatic heterocycles. The Balaban J connectivity index is 1.78. The molecule has 0 atom stereocenters. The number of hydrogen-bond acceptors (Lipinski definition) is 7. The van der Waals surface area contributed by atoms with Gasteiger partial charge < -0.3 is 15.0 Å². The second-order valence-electron chi connectivity index (χ2n) is 7.03. The minimum atomic E-state index is -0.417. The van der Waals surface area contributed by atoms with Crippen molar-refractivity contribution in [3.8, 4) is 11.3 Å². The molecule has 1 amide bonds. The fraction of sp³-hybridized carbons (Fsp3) is 0.400. The Hall–Kier alpha value is -2.85. The summed E-state index contributed by atoms with van der Waals surface area (Å²) in [5.41, 5.74) is 1.03. The zero-order valence-electron chi connectivity index (χ0n) is 16.6. The van der Waals surface area contributed by atoms with Crippen LogP contribution in [0.1, 0.15) is 12.8 Å². The molecule has 0 saturated carbocycles. The highest BCUT2D eigenvalue weighted by molar-refractivity contribution is 7.22. The van der Waals surface area contributed by atoms with Crippen LogP contribution >= 0.6 is 11.3 Å². The molecule has 0 bridgehead atoms. The first-order valence-corrected chi connectivity index (χ1v) is 10.6. The van der Waals surface area contributed by atoms with E-state index in [0.29, 0.717) is 29.1 Å². The van der Waals surface area contributed by atoms with Crippen LogP contribution in [0, 0.1) is 5.82 Å². The van der Waals surface area contributed by atoms with Crippen molar-refractivity contribution in [3.05, 3.63) is 40.4 Å². The monoisotopic (exact) mass is 431 g/mol. The van der Waals surface area contributed by atoms with E-state index < -0.39 is 5.56 Å². The average Bonchev–Trinajstić information content (AvgIpc) is 3.41. The lowest BCUT2D eigenvalue weighted by Crippen LogP contribution is -2.35. The molecule has 158 valence electrons. The standard InChI is InChI=1S/C20H22FN5O3S/c1-29-11-8-22-15(27)12-26-19(28)17-18(30-20(23-17)25-9-2-3-10-25)16(24-26)13-4-6-14(21)7-5-13/h4-7H,2-3,8-12H2,1H3,(H,22,27). The molecule has 0 unspecified atom stereocenters. The number of hydrogen-bond donors (Lipinski definition) is 1. The van der Waals surface area contributed by atoms with Gasteiger partial charge in [-0.15, -0.1) is 0 Å². The fourth-order valence-corrected chi connectivity index (χ4v) is 4.50. The van der Waals surface area contributed by atoms with Crippen molar-refractivity contribution in [1.82, 2.24) is 20.1 Å². The Labute approximate surface area is 176 Å². The van der Waals surface area contributed by atoms with Gasteiger partial charge in [-0.25, -0.2) is 14.1 Å². The molecule has 0 spiro atoms. The number of anilines is 1. The molecule has 1 saturated heterocycles. The smallest absolute Gasteiger partial charge is 0.294 e. The van der Waals surface area contributed by atoms with Crippen LogP contribution in [-0.4, -0.2) is 54.0 Å². The summed E-state index contributed by atoms with van der Waals surface area (Å²) in [5, 5.41) is 7.91. The Morgan fingerprint density at radius 2 is 2.00 bits per heavy atom. The predicted molar refractivity (Wildman–Crippen MR) is 113 cm³/mol. The van der Waals surface area contributed by atoms with E-state index in [4.69, 9.17) is 4.74 Å². The quantitative estimate of drug-likeness (QED) is 0.576. The third kappa shape index (κ3) is 4.19. The molecule has 30 heavy (non-hydrogen) atoms. The van der Waals surface area contributed by atoms with Crippen LogP contribution in [-0.2, 0) is 16.1 Å². The lowest BCUT2D eigenvalue weighted by Gasteiger charge is -2.11. The summed E-state index contributed by atoms with van der Waals surface area (Å²) in [6, 6.07) is 5.91. The maximum Gasteiger partial charge on any atom is 0.294 e. The van der Waals surface area contributed by atoms with Gasteiger partial charge in [-0.2, -0.15) is 5.10 Å². The molecule has 0 radical (unpaired) electrons. The Morgan fingerprint density at radius 1 is 1.27 bits per heavy atom. The van der Waals surface area contributed by atoms with E-state index in [0.717, 1.165) is 35.7 Å². The lowest BCUT2D eigenvalue weighted by molar-refractivity contribution is -0.122. The van der Waals surface area contributed by atoms with E-state index in [1.165, 1.54) is 23.5 Å². The number of thiazole rings is 1. The van der Waals surface area contributed by atoms with Crippen LogP contribution in [0.25, 0.3) is 21.5 Å². The van der Waals surface area contributed by atoms with E-state index in [9.17, 15) is 14.0 Å². The van der Waals surface area contributed by atoms with Crippen LogP contribution in [0.5, 0.6) is 0 Å². The number of carbonyl (C=O) groups excluding carboxylic acids is 1. The SMILES string of the molecule is COCCNC(=O)Cn1nc(-c2ccc(F)cc2)c2sc(N3CCCC3)nc2c1=O. The highest BCUT2D eigenvalue weighted by Crippen LogP contribution is 2.34. The van der Waals surface area contributed by atoms with Crippen molar-refractivity contribution >= 4 is 32.6 Å². The molecule has 0 aliphatic carbocycles. The van der Waals surface area contributed by atoms with Gasteiger partial charge >= 0.3 is 0 Å². The van der Waals surface area contributed by atoms with Gasteiger partial charge in [0.15, 0.2) is 10.6 Å². The van der Waals surface area contributed by atoms with E-state index in [1.54, 1.807) is 19.2 Å². The second-order valence-corrected chi connectivity index (χ2v) is 8.01. The van der Waals surface area contributed by atoms with Crippen molar-refractivity contribution in [2.45, 2.75) is 19.4 Å². The molecule has 1 fully saturated rings. The molecule has 1 aromatic carbocycles. The zero-order valence-corrected chi connectivity index (χ0v) is 17.4. The molecule has 3 aromatic rings. The first-order valence-electron chi connectivity index (χ1n) is 9.75. The molecular weight excluding hydrogens is 409 g/mol. The number of nitrogens with one attached hydrogen (secondary N) is 1. The summed E-state index contributed by atoms with van der Waals surface area (Å²) >= 11 is 1.41. The van der Waals surface area contributed by atoms with Gasteiger partial charge in [0.05, 0.1) is 11.3 Å². The Morgan fingerprint density at radius 3 is 2.70 bits per heavy atom. The van der Waals surface area contributed by atoms with Crippen LogP contribution in [0.4, 0.5) is 9.52 Å². The molecule has 1 aliphatic rings. The number of fused-ring (bicyclic) bond motifs is 1. The van der Waals surface area contributed by atoms with Gasteiger partial charge in [0.1, 0.15) is 18.1 Å². The van der Waals surface area contributed by atoms with Crippen molar-refractivity contribution in [2.24, 2.45) is 0 Å². The number of aromatic nitrogens is 3. The summed E-state index contributed by atoms with van der Waals surface area (Å²) in [5.74, 6) is -0.705. The summed E-state index contributed by atoms with van der Waals surface area (Å²) in [4.78, 5) is 32.0. The van der Waals surface area contributed by atoms with Gasteiger partial charge in [-0.05, 0) is 37.1 Å². The third-order valence-corrected chi connectivity index (χ3v) is 6.03. The first-order chi connectivity index (χ1) is 14.6. The summed E-state index contributed by atoms with van der Waals surface area (Å²) < 4.78 is 20.1. The maximum absolute atomic E-state index is 13.4. The number of benzene rings is 1. The third-order valence-electron chi connectivity index (χ3n) is 4.90. The van der Waals surface area contributed by atoms with Gasteiger partial charge in [0.2, 0.25) is 5.91 Å². The van der Waals surface area contributed by atoms with Crippen LogP contribution in [0.15, 0.2) is 29.1 Å². The number of halogens is 1. The number of ether oxygens (including phenoxy) is 1. The molecule has 3 heterocycles. The van der Waals surface area contributed by atoms with Gasteiger partial charge in [0, 0.05) is 32.3 Å². The molecule has 4 rings (SSSR count). The van der Waals surface area contributed by atoms with Crippen LogP contribution in [0.3, 0.4) is 0 Å². The predicted octanol–water partition coefficient (Wildman–Crippen LogP) is 2.02. The number of amides is 1. The number of methoxy groups -OCH3 is 1. The van der Waals surface area contributed by atoms with E-state index >= 15 is 0 Å². The largest absolute Gasteiger partial charge is 0.383 e. The molecule has 1 N–H and O–H groups in total. The van der Waals surface area contributed by atoms with E-state index in [-0.39, 0.29) is 23.8 Å². The van der Waals surface area contributed by atoms with E-state index in [2.05, 4.69) is 20.3 Å². The topological polar surface area (TPSA) is 89.3 Å². The molecule has 8 nitrogen and oxygen atoms in total. The fourth-order valence-electron chi connectivity index (χ4n) is 3.38. The van der Waals surface area contributed by atoms with Crippen molar-refractivity contribution < 1.29 is 13.9 Å². The number of nitrogens with zero attached hydrogens (tertiary/aromatic N) is 4. The summed E-state index contributed by atoms with van der Waals surface area (Å²) in [6.07, 6.45) is 2.18. The first kappa shape index (κ1) is 20.4. The summed E-state index contributed by atoms with van der Waals surface area (Å²) in [6.45, 7) is 2.28. The van der Waals surface area contributed by atoms with Crippen molar-refractivity contribution in [1.29, 1.82) is 0 Å². The van der Waals surface area contributed by atoms with Crippen LogP contribution in [0.2, 0.25) is 0 Å². The van der Waals surface area contributed by atoms with Crippen molar-refractivity contribution in [2.75, 3.05) is 38.3 Å². The lowest BCUT2D eigenvalue weighted by atomic mass is 10.1. The van der Waals surface area contributed by atoms with Gasteiger partial charge in [-0.1, -0.05) is 11.3 Å². The van der Waals surface area contributed by atoms with Crippen LogP contribution < -0.4 is 15.8 Å². The molecule has 10 heteroatoms. The minimum absolute atomic E-state index is 0.233. The maximum atomic E-state index is 13.4. The average molecular weight is 431 g/mol. The summed E-state index contributed by atoms with van der Waals surface area (Å²) in [7, 11) is 1.54. The zero-order chi connectivity index (χ0) is 21.1. The van der Waals surface area contributed by atoms with Gasteiger partial charge in [-0.3, -0.25) is 9.59 Å². The molecular formula is C20H22FN5O3S. The van der Waals surface area contributed by atoms with Crippen molar-refractivity contribution in [3.63, 3.8) is 0 Å². The van der Waals surface area contributed by atoms with Gasteiger partial charge in [0.25, 0.3) is 5.56 Å². The highest BCUT2D eigenvalue weighted by atomic mass is 32.1. The minimum Gasteiger partial charge on any atom is -0.383 e. The Bertz CT molecular complexity index is 1110.